The number of aryl methyl sites for hydroxylation is 1. The number of hydrogen-bond donors (Lipinski definition) is 1. The lowest BCUT2D eigenvalue weighted by molar-refractivity contribution is 0.372. The number of piperidine rings is 1. The molecule has 1 fully saturated rings. The van der Waals surface area contributed by atoms with Crippen molar-refractivity contribution in [3.05, 3.63) is 41.7 Å². The van der Waals surface area contributed by atoms with Crippen LogP contribution in [-0.4, -0.2) is 22.4 Å². The summed E-state index contributed by atoms with van der Waals surface area (Å²) in [7, 11) is 1.97. The molecule has 1 saturated heterocycles. The number of nitrogens with one attached hydrogen (secondary N) is 1. The normalized spacial score (nSPS) is 25.1. The van der Waals surface area contributed by atoms with Crippen molar-refractivity contribution in [1.29, 1.82) is 0 Å². The van der Waals surface area contributed by atoms with Crippen LogP contribution in [0.1, 0.15) is 29.9 Å². The highest BCUT2D eigenvalue weighted by molar-refractivity contribution is 5.64. The minimum atomic E-state index is 0.674. The van der Waals surface area contributed by atoms with Crippen molar-refractivity contribution in [2.45, 2.75) is 31.2 Å². The van der Waals surface area contributed by atoms with E-state index in [2.05, 4.69) is 34.8 Å². The van der Waals surface area contributed by atoms with Crippen LogP contribution in [0.15, 0.2) is 30.6 Å². The molecule has 1 N–H and O–H groups in total. The Bertz CT molecular complexity index is 614. The molecule has 98 valence electrons. The van der Waals surface area contributed by atoms with Gasteiger partial charge in [-0.15, -0.1) is 0 Å². The fourth-order valence-corrected chi connectivity index (χ4v) is 3.65. The number of hydrogen-bond acceptors (Lipinski definition) is 2. The van der Waals surface area contributed by atoms with Crippen LogP contribution in [0.4, 0.5) is 0 Å². The highest BCUT2D eigenvalue weighted by atomic mass is 15.2. The van der Waals surface area contributed by atoms with Crippen molar-refractivity contribution in [3.8, 4) is 11.1 Å². The number of benzene rings is 1. The third-order valence-corrected chi connectivity index (χ3v) is 4.61. The highest BCUT2D eigenvalue weighted by Gasteiger charge is 2.33. The second kappa shape index (κ2) is 4.20. The molecule has 19 heavy (non-hydrogen) atoms. The molecular weight excluding hydrogens is 234 g/mol. The van der Waals surface area contributed by atoms with E-state index >= 15 is 0 Å². The lowest BCUT2D eigenvalue weighted by Gasteiger charge is -2.27. The van der Waals surface area contributed by atoms with E-state index in [4.69, 9.17) is 0 Å². The van der Waals surface area contributed by atoms with Crippen LogP contribution in [0.5, 0.6) is 0 Å². The standard InChI is InChI=1S/C16H19N3/c1-19-10-13(9-18-19)11-4-5-12-8-16-14(15(12)7-11)3-2-6-17-16/h4-5,7,9-10,14,16-17H,2-3,6,8H2,1H3/t14-,16+/m1/s1. The Morgan fingerprint density at radius 1 is 1.32 bits per heavy atom. The molecule has 1 aromatic carbocycles. The Hall–Kier alpha value is -1.61. The fourth-order valence-electron chi connectivity index (χ4n) is 3.65. The Kier molecular flexibility index (Phi) is 2.49. The van der Waals surface area contributed by atoms with Crippen LogP contribution >= 0.6 is 0 Å². The average molecular weight is 253 g/mol. The predicted octanol–water partition coefficient (Wildman–Crippen LogP) is 2.48. The first-order chi connectivity index (χ1) is 9.31. The fraction of sp³-hybridized carbons (Fsp3) is 0.438. The van der Waals surface area contributed by atoms with Gasteiger partial charge in [-0.1, -0.05) is 18.2 Å². The van der Waals surface area contributed by atoms with Crippen LogP contribution in [-0.2, 0) is 13.5 Å². The first-order valence-electron chi connectivity index (χ1n) is 7.16. The average Bonchev–Trinajstić information content (AvgIpc) is 3.01. The van der Waals surface area contributed by atoms with Gasteiger partial charge in [0.15, 0.2) is 0 Å². The molecule has 3 heteroatoms. The Balaban J connectivity index is 1.75. The summed E-state index contributed by atoms with van der Waals surface area (Å²) in [4.78, 5) is 0. The zero-order valence-electron chi connectivity index (χ0n) is 11.3. The minimum absolute atomic E-state index is 0.674. The number of rotatable bonds is 1. The van der Waals surface area contributed by atoms with Crippen molar-refractivity contribution in [3.63, 3.8) is 0 Å². The lowest BCUT2D eigenvalue weighted by atomic mass is 9.89. The summed E-state index contributed by atoms with van der Waals surface area (Å²) in [6.07, 6.45) is 7.88. The smallest absolute Gasteiger partial charge is 0.0568 e. The molecule has 2 heterocycles. The molecule has 0 amide bonds. The third kappa shape index (κ3) is 1.80. The van der Waals surface area contributed by atoms with Gasteiger partial charge in [0, 0.05) is 24.8 Å². The maximum absolute atomic E-state index is 4.27. The van der Waals surface area contributed by atoms with Crippen molar-refractivity contribution in [2.75, 3.05) is 6.54 Å². The second-order valence-electron chi connectivity index (χ2n) is 5.83. The zero-order chi connectivity index (χ0) is 12.8. The quantitative estimate of drug-likeness (QED) is 0.846. The van der Waals surface area contributed by atoms with E-state index in [0.717, 1.165) is 5.92 Å². The minimum Gasteiger partial charge on any atom is -0.313 e. The monoisotopic (exact) mass is 253 g/mol. The molecule has 2 aliphatic rings. The highest BCUT2D eigenvalue weighted by Crippen LogP contribution is 2.40. The van der Waals surface area contributed by atoms with Gasteiger partial charge in [0.05, 0.1) is 6.20 Å². The second-order valence-corrected chi connectivity index (χ2v) is 5.83. The first-order valence-corrected chi connectivity index (χ1v) is 7.16. The third-order valence-electron chi connectivity index (χ3n) is 4.61. The number of aromatic nitrogens is 2. The molecule has 2 aromatic rings. The van der Waals surface area contributed by atoms with E-state index in [0.29, 0.717) is 6.04 Å². The Labute approximate surface area is 113 Å². The molecule has 3 nitrogen and oxygen atoms in total. The van der Waals surface area contributed by atoms with Crippen molar-refractivity contribution in [2.24, 2.45) is 7.05 Å². The summed E-state index contributed by atoms with van der Waals surface area (Å²) in [5.74, 6) is 0.723. The molecule has 0 spiro atoms. The van der Waals surface area contributed by atoms with Crippen molar-refractivity contribution < 1.29 is 0 Å². The van der Waals surface area contributed by atoms with Crippen molar-refractivity contribution in [1.82, 2.24) is 15.1 Å². The predicted molar refractivity (Wildman–Crippen MR) is 76.1 cm³/mol. The van der Waals surface area contributed by atoms with E-state index in [1.54, 1.807) is 5.56 Å². The van der Waals surface area contributed by atoms with Gasteiger partial charge >= 0.3 is 0 Å². The summed E-state index contributed by atoms with van der Waals surface area (Å²) in [6.45, 7) is 1.19. The largest absolute Gasteiger partial charge is 0.313 e. The molecule has 0 saturated carbocycles. The van der Waals surface area contributed by atoms with Crippen molar-refractivity contribution >= 4 is 0 Å². The topological polar surface area (TPSA) is 29.9 Å². The molecule has 2 atom stereocenters. The Morgan fingerprint density at radius 2 is 2.26 bits per heavy atom. The Morgan fingerprint density at radius 3 is 3.11 bits per heavy atom. The van der Waals surface area contributed by atoms with Gasteiger partial charge in [-0.25, -0.2) is 0 Å². The van der Waals surface area contributed by atoms with Gasteiger partial charge in [-0.3, -0.25) is 4.68 Å². The molecule has 0 radical (unpaired) electrons. The van der Waals surface area contributed by atoms with Gasteiger partial charge in [0.25, 0.3) is 0 Å². The molecule has 1 aliphatic carbocycles. The molecule has 0 unspecified atom stereocenters. The van der Waals surface area contributed by atoms with E-state index < -0.39 is 0 Å². The van der Waals surface area contributed by atoms with Gasteiger partial charge in [-0.2, -0.15) is 5.10 Å². The van der Waals surface area contributed by atoms with Crippen LogP contribution in [0.25, 0.3) is 11.1 Å². The van der Waals surface area contributed by atoms with Gasteiger partial charge in [0.2, 0.25) is 0 Å². The summed E-state index contributed by atoms with van der Waals surface area (Å²) in [6, 6.07) is 7.63. The first kappa shape index (κ1) is 11.2. The maximum atomic E-state index is 4.27. The van der Waals surface area contributed by atoms with Crippen LogP contribution in [0.3, 0.4) is 0 Å². The lowest BCUT2D eigenvalue weighted by Crippen LogP contribution is -2.37. The number of nitrogens with zero attached hydrogens (tertiary/aromatic N) is 2. The summed E-state index contributed by atoms with van der Waals surface area (Å²) in [5.41, 5.74) is 5.63. The summed E-state index contributed by atoms with van der Waals surface area (Å²) in [5, 5.41) is 7.95. The SMILES string of the molecule is Cn1cc(-c2ccc3c(c2)[C@H]2CCCN[C@H]2C3)cn1. The molecule has 4 rings (SSSR count). The van der Waals surface area contributed by atoms with Gasteiger partial charge in [-0.05, 0) is 48.4 Å². The van der Waals surface area contributed by atoms with Gasteiger partial charge < -0.3 is 5.32 Å². The summed E-state index contributed by atoms with van der Waals surface area (Å²) < 4.78 is 1.87. The molecule has 1 aliphatic heterocycles. The summed E-state index contributed by atoms with van der Waals surface area (Å²) >= 11 is 0. The van der Waals surface area contributed by atoms with Gasteiger partial charge in [0.1, 0.15) is 0 Å². The van der Waals surface area contributed by atoms with E-state index in [-0.39, 0.29) is 0 Å². The van der Waals surface area contributed by atoms with E-state index in [1.807, 2.05) is 17.9 Å². The molecular formula is C16H19N3. The van der Waals surface area contributed by atoms with Crippen LogP contribution in [0.2, 0.25) is 0 Å². The molecule has 1 aromatic heterocycles. The molecule has 0 bridgehead atoms. The van der Waals surface area contributed by atoms with Crippen LogP contribution in [0, 0.1) is 0 Å². The van der Waals surface area contributed by atoms with Crippen LogP contribution < -0.4 is 5.32 Å². The number of fused-ring (bicyclic) bond motifs is 3. The zero-order valence-corrected chi connectivity index (χ0v) is 11.3. The maximum Gasteiger partial charge on any atom is 0.0568 e. The van der Waals surface area contributed by atoms with E-state index in [1.165, 1.54) is 42.5 Å². The van der Waals surface area contributed by atoms with E-state index in [9.17, 15) is 0 Å².